The normalized spacial score (nSPS) is 23.0. The number of nitrogens with zero attached hydrogens (tertiary/aromatic N) is 3. The minimum absolute atomic E-state index is 0.214. The SMILES string of the molecule is CC1(Cn2nnc3cc(C(=O)O)ccc32)CCCS1. The zero-order chi connectivity index (χ0) is 13.5. The molecule has 1 unspecified atom stereocenters. The molecule has 0 amide bonds. The van der Waals surface area contributed by atoms with Crippen LogP contribution in [0.1, 0.15) is 30.1 Å². The summed E-state index contributed by atoms with van der Waals surface area (Å²) >= 11 is 1.98. The first-order valence-corrected chi connectivity index (χ1v) is 7.26. The number of thioether (sulfide) groups is 1. The van der Waals surface area contributed by atoms with E-state index in [0.29, 0.717) is 5.52 Å². The maximum Gasteiger partial charge on any atom is 0.335 e. The Morgan fingerprint density at radius 2 is 2.42 bits per heavy atom. The summed E-state index contributed by atoms with van der Waals surface area (Å²) in [5.41, 5.74) is 1.80. The maximum atomic E-state index is 10.9. The van der Waals surface area contributed by atoms with E-state index in [1.54, 1.807) is 18.2 Å². The smallest absolute Gasteiger partial charge is 0.335 e. The zero-order valence-electron chi connectivity index (χ0n) is 10.7. The number of hydrogen-bond acceptors (Lipinski definition) is 4. The number of carboxylic acids is 1. The monoisotopic (exact) mass is 277 g/mol. The van der Waals surface area contributed by atoms with Crippen LogP contribution in [-0.4, -0.2) is 36.6 Å². The molecule has 1 saturated heterocycles. The lowest BCUT2D eigenvalue weighted by Crippen LogP contribution is -2.24. The Labute approximate surface area is 115 Å². The zero-order valence-corrected chi connectivity index (χ0v) is 11.5. The lowest BCUT2D eigenvalue weighted by molar-refractivity contribution is 0.0697. The molecular weight excluding hydrogens is 262 g/mol. The molecule has 1 atom stereocenters. The van der Waals surface area contributed by atoms with Crippen molar-refractivity contribution in [3.05, 3.63) is 23.8 Å². The number of carboxylic acid groups (broad SMARTS) is 1. The van der Waals surface area contributed by atoms with Gasteiger partial charge in [0, 0.05) is 4.75 Å². The molecule has 0 saturated carbocycles. The van der Waals surface area contributed by atoms with E-state index >= 15 is 0 Å². The molecule has 0 spiro atoms. The van der Waals surface area contributed by atoms with Gasteiger partial charge in [-0.1, -0.05) is 5.21 Å². The molecule has 1 fully saturated rings. The van der Waals surface area contributed by atoms with Crippen LogP contribution in [0.3, 0.4) is 0 Å². The second kappa shape index (κ2) is 4.52. The van der Waals surface area contributed by atoms with Crippen molar-refractivity contribution in [3.63, 3.8) is 0 Å². The highest BCUT2D eigenvalue weighted by Crippen LogP contribution is 2.39. The quantitative estimate of drug-likeness (QED) is 0.933. The van der Waals surface area contributed by atoms with Crippen molar-refractivity contribution in [2.45, 2.75) is 31.1 Å². The standard InChI is InChI=1S/C13H15N3O2S/c1-13(5-2-6-19-13)8-16-11-4-3-9(12(17)18)7-10(11)14-15-16/h3-4,7H,2,5-6,8H2,1H3,(H,17,18). The molecule has 19 heavy (non-hydrogen) atoms. The Hall–Kier alpha value is -1.56. The predicted octanol–water partition coefficient (Wildman–Crippen LogP) is 2.42. The number of hydrogen-bond donors (Lipinski definition) is 1. The number of fused-ring (bicyclic) bond motifs is 1. The van der Waals surface area contributed by atoms with Crippen molar-refractivity contribution >= 4 is 28.8 Å². The van der Waals surface area contributed by atoms with Gasteiger partial charge < -0.3 is 5.11 Å². The number of aromatic nitrogens is 3. The van der Waals surface area contributed by atoms with Crippen molar-refractivity contribution < 1.29 is 9.90 Å². The van der Waals surface area contributed by atoms with Gasteiger partial charge in [-0.2, -0.15) is 11.8 Å². The van der Waals surface area contributed by atoms with Gasteiger partial charge >= 0.3 is 5.97 Å². The minimum Gasteiger partial charge on any atom is -0.478 e. The van der Waals surface area contributed by atoms with Crippen molar-refractivity contribution in [1.29, 1.82) is 0 Å². The average Bonchev–Trinajstić information content (AvgIpc) is 2.97. The fourth-order valence-corrected chi connectivity index (χ4v) is 3.78. The van der Waals surface area contributed by atoms with Crippen molar-refractivity contribution in [2.24, 2.45) is 0 Å². The first-order valence-electron chi connectivity index (χ1n) is 6.28. The van der Waals surface area contributed by atoms with Crippen LogP contribution in [0, 0.1) is 0 Å². The molecule has 0 radical (unpaired) electrons. The van der Waals surface area contributed by atoms with Gasteiger partial charge in [0.15, 0.2) is 0 Å². The van der Waals surface area contributed by atoms with Gasteiger partial charge in [-0.05, 0) is 43.7 Å². The molecule has 0 aliphatic carbocycles. The van der Waals surface area contributed by atoms with E-state index < -0.39 is 5.97 Å². The fraction of sp³-hybridized carbons (Fsp3) is 0.462. The largest absolute Gasteiger partial charge is 0.478 e. The van der Waals surface area contributed by atoms with Gasteiger partial charge in [0.05, 0.1) is 17.6 Å². The first kappa shape index (κ1) is 12.5. The van der Waals surface area contributed by atoms with E-state index in [1.807, 2.05) is 16.4 Å². The second-order valence-corrected chi connectivity index (χ2v) is 6.84. The number of aromatic carboxylic acids is 1. The third kappa shape index (κ3) is 2.32. The van der Waals surface area contributed by atoms with Gasteiger partial charge in [-0.25, -0.2) is 9.48 Å². The van der Waals surface area contributed by atoms with Crippen LogP contribution in [0.5, 0.6) is 0 Å². The van der Waals surface area contributed by atoms with E-state index in [0.717, 1.165) is 12.1 Å². The molecular formula is C13H15N3O2S. The van der Waals surface area contributed by atoms with Crippen molar-refractivity contribution in [3.8, 4) is 0 Å². The molecule has 100 valence electrons. The third-order valence-electron chi connectivity index (χ3n) is 3.55. The molecule has 1 aliphatic heterocycles. The summed E-state index contributed by atoms with van der Waals surface area (Å²) in [5, 5.41) is 17.2. The molecule has 6 heteroatoms. The van der Waals surface area contributed by atoms with E-state index in [1.165, 1.54) is 18.6 Å². The molecule has 0 bridgehead atoms. The summed E-state index contributed by atoms with van der Waals surface area (Å²) in [6.45, 7) is 3.07. The summed E-state index contributed by atoms with van der Waals surface area (Å²) < 4.78 is 2.10. The maximum absolute atomic E-state index is 10.9. The summed E-state index contributed by atoms with van der Waals surface area (Å²) in [5.74, 6) is 0.265. The van der Waals surface area contributed by atoms with E-state index in [2.05, 4.69) is 17.2 Å². The topological polar surface area (TPSA) is 68.0 Å². The van der Waals surface area contributed by atoms with Crippen molar-refractivity contribution in [1.82, 2.24) is 15.0 Å². The van der Waals surface area contributed by atoms with E-state index in [4.69, 9.17) is 5.11 Å². The Kier molecular flexibility index (Phi) is 2.97. The molecule has 1 aliphatic rings. The summed E-state index contributed by atoms with van der Waals surface area (Å²) in [4.78, 5) is 10.9. The van der Waals surface area contributed by atoms with Crippen LogP contribution in [0.15, 0.2) is 18.2 Å². The molecule has 1 aromatic heterocycles. The number of carbonyl (C=O) groups is 1. The highest BCUT2D eigenvalue weighted by Gasteiger charge is 2.30. The molecule has 5 nitrogen and oxygen atoms in total. The third-order valence-corrected chi connectivity index (χ3v) is 5.07. The lowest BCUT2D eigenvalue weighted by atomic mass is 10.1. The Morgan fingerprint density at radius 1 is 1.58 bits per heavy atom. The van der Waals surface area contributed by atoms with Crippen LogP contribution < -0.4 is 0 Å². The number of benzene rings is 1. The van der Waals surface area contributed by atoms with Gasteiger partial charge in [-0.15, -0.1) is 5.10 Å². The van der Waals surface area contributed by atoms with Gasteiger partial charge in [-0.3, -0.25) is 0 Å². The average molecular weight is 277 g/mol. The molecule has 1 N–H and O–H groups in total. The second-order valence-electron chi connectivity index (χ2n) is 5.16. The Balaban J connectivity index is 1.94. The van der Waals surface area contributed by atoms with Crippen molar-refractivity contribution in [2.75, 3.05) is 5.75 Å². The van der Waals surface area contributed by atoms with Gasteiger partial charge in [0.1, 0.15) is 5.52 Å². The molecule has 2 heterocycles. The number of rotatable bonds is 3. The Morgan fingerprint density at radius 3 is 3.11 bits per heavy atom. The Bertz CT molecular complexity index is 632. The summed E-state index contributed by atoms with van der Waals surface area (Å²) in [6.07, 6.45) is 2.43. The highest BCUT2D eigenvalue weighted by atomic mass is 32.2. The van der Waals surface area contributed by atoms with Crippen LogP contribution in [0.2, 0.25) is 0 Å². The van der Waals surface area contributed by atoms with Crippen LogP contribution in [0.25, 0.3) is 11.0 Å². The van der Waals surface area contributed by atoms with Crippen LogP contribution >= 0.6 is 11.8 Å². The summed E-state index contributed by atoms with van der Waals surface area (Å²) in [6, 6.07) is 4.97. The van der Waals surface area contributed by atoms with Gasteiger partial charge in [0.2, 0.25) is 0 Å². The predicted molar refractivity (Wildman–Crippen MR) is 74.6 cm³/mol. The molecule has 1 aromatic carbocycles. The highest BCUT2D eigenvalue weighted by molar-refractivity contribution is 8.00. The molecule has 2 aromatic rings. The van der Waals surface area contributed by atoms with Crippen LogP contribution in [-0.2, 0) is 6.54 Å². The van der Waals surface area contributed by atoms with Crippen LogP contribution in [0.4, 0.5) is 0 Å². The lowest BCUT2D eigenvalue weighted by Gasteiger charge is -2.22. The molecule has 3 rings (SSSR count). The van der Waals surface area contributed by atoms with E-state index in [-0.39, 0.29) is 10.3 Å². The van der Waals surface area contributed by atoms with Gasteiger partial charge in [0.25, 0.3) is 0 Å². The fourth-order valence-electron chi connectivity index (χ4n) is 2.50. The summed E-state index contributed by atoms with van der Waals surface area (Å²) in [7, 11) is 0. The first-order chi connectivity index (χ1) is 9.07. The van der Waals surface area contributed by atoms with E-state index in [9.17, 15) is 4.79 Å². The minimum atomic E-state index is -0.935.